The molecule has 21 heavy (non-hydrogen) atoms. The zero-order chi connectivity index (χ0) is 15.4. The number of benzene rings is 1. The molecule has 0 aliphatic rings. The Labute approximate surface area is 123 Å². The van der Waals surface area contributed by atoms with Gasteiger partial charge in [0.15, 0.2) is 0 Å². The molecule has 2 N–H and O–H groups in total. The van der Waals surface area contributed by atoms with Crippen molar-refractivity contribution in [2.45, 2.75) is 26.3 Å². The van der Waals surface area contributed by atoms with Crippen molar-refractivity contribution in [3.8, 4) is 0 Å². The molecule has 5 heteroatoms. The number of aromatic nitrogens is 1. The lowest BCUT2D eigenvalue weighted by Crippen LogP contribution is -2.41. The predicted molar refractivity (Wildman–Crippen MR) is 80.1 cm³/mol. The van der Waals surface area contributed by atoms with E-state index in [4.69, 9.17) is 5.11 Å². The average Bonchev–Trinajstić information content (AvgIpc) is 2.45. The van der Waals surface area contributed by atoms with Crippen LogP contribution in [-0.4, -0.2) is 28.0 Å². The predicted octanol–water partition coefficient (Wildman–Crippen LogP) is 2.46. The van der Waals surface area contributed by atoms with Crippen molar-refractivity contribution < 1.29 is 14.7 Å². The number of pyridine rings is 1. The Morgan fingerprint density at radius 3 is 2.67 bits per heavy atom. The number of para-hydroxylation sites is 1. The molecule has 2 aromatic rings. The number of carbonyl (C=O) groups excluding carboxylic acids is 1. The second kappa shape index (κ2) is 6.35. The van der Waals surface area contributed by atoms with Gasteiger partial charge in [0.1, 0.15) is 6.04 Å². The fourth-order valence-electron chi connectivity index (χ4n) is 2.13. The van der Waals surface area contributed by atoms with Crippen molar-refractivity contribution in [1.82, 2.24) is 10.3 Å². The zero-order valence-electron chi connectivity index (χ0n) is 12.0. The summed E-state index contributed by atoms with van der Waals surface area (Å²) >= 11 is 0. The second-order valence-corrected chi connectivity index (χ2v) is 5.41. The molecule has 0 unspecified atom stereocenters. The number of carboxylic acid groups (broad SMARTS) is 1. The van der Waals surface area contributed by atoms with Crippen LogP contribution in [-0.2, 0) is 4.79 Å². The summed E-state index contributed by atoms with van der Waals surface area (Å²) in [5.41, 5.74) is 1.16. The van der Waals surface area contributed by atoms with E-state index < -0.39 is 17.9 Å². The van der Waals surface area contributed by atoms with Crippen LogP contribution in [0.25, 0.3) is 10.9 Å². The summed E-state index contributed by atoms with van der Waals surface area (Å²) in [6.07, 6.45) is 1.86. The third-order valence-electron chi connectivity index (χ3n) is 3.16. The highest BCUT2D eigenvalue weighted by molar-refractivity contribution is 5.99. The number of rotatable bonds is 5. The summed E-state index contributed by atoms with van der Waals surface area (Å²) in [5, 5.41) is 12.6. The van der Waals surface area contributed by atoms with Crippen LogP contribution < -0.4 is 5.32 Å². The molecule has 1 atom stereocenters. The van der Waals surface area contributed by atoms with E-state index in [0.717, 1.165) is 10.9 Å². The SMILES string of the molecule is CC(C)C[C@@H](NC(=O)c1cnc2ccccc2c1)C(=O)O. The maximum atomic E-state index is 12.2. The Hall–Kier alpha value is -2.43. The van der Waals surface area contributed by atoms with Crippen LogP contribution in [0, 0.1) is 5.92 Å². The Balaban J connectivity index is 2.19. The van der Waals surface area contributed by atoms with Gasteiger partial charge in [0.05, 0.1) is 11.1 Å². The number of hydrogen-bond acceptors (Lipinski definition) is 3. The summed E-state index contributed by atoms with van der Waals surface area (Å²) in [6, 6.07) is 8.29. The molecule has 1 aromatic carbocycles. The zero-order valence-corrected chi connectivity index (χ0v) is 12.0. The van der Waals surface area contributed by atoms with E-state index in [-0.39, 0.29) is 5.92 Å². The van der Waals surface area contributed by atoms with E-state index in [9.17, 15) is 9.59 Å². The molecule has 0 aliphatic heterocycles. The Bertz CT molecular complexity index is 667. The maximum absolute atomic E-state index is 12.2. The van der Waals surface area contributed by atoms with Crippen molar-refractivity contribution in [3.63, 3.8) is 0 Å². The van der Waals surface area contributed by atoms with Crippen molar-refractivity contribution in [3.05, 3.63) is 42.1 Å². The topological polar surface area (TPSA) is 79.3 Å². The van der Waals surface area contributed by atoms with E-state index in [0.29, 0.717) is 12.0 Å². The molecule has 0 aliphatic carbocycles. The van der Waals surface area contributed by atoms with Gasteiger partial charge in [-0.05, 0) is 24.5 Å². The first-order valence-electron chi connectivity index (χ1n) is 6.86. The molecule has 1 heterocycles. The number of amides is 1. The van der Waals surface area contributed by atoms with Gasteiger partial charge in [-0.2, -0.15) is 0 Å². The molecule has 110 valence electrons. The van der Waals surface area contributed by atoms with Gasteiger partial charge in [-0.1, -0.05) is 32.0 Å². The number of nitrogens with zero attached hydrogens (tertiary/aromatic N) is 1. The molecule has 0 bridgehead atoms. The standard InChI is InChI=1S/C16H18N2O3/c1-10(2)7-14(16(20)21)18-15(19)12-8-11-5-3-4-6-13(11)17-9-12/h3-6,8-10,14H,7H2,1-2H3,(H,18,19)(H,20,21)/t14-/m1/s1. The minimum absolute atomic E-state index is 0.182. The monoisotopic (exact) mass is 286 g/mol. The summed E-state index contributed by atoms with van der Waals surface area (Å²) in [4.78, 5) is 27.6. The van der Waals surface area contributed by atoms with Gasteiger partial charge >= 0.3 is 5.97 Å². The van der Waals surface area contributed by atoms with Gasteiger partial charge in [0.2, 0.25) is 0 Å². The van der Waals surface area contributed by atoms with Crippen molar-refractivity contribution >= 4 is 22.8 Å². The van der Waals surface area contributed by atoms with E-state index >= 15 is 0 Å². The molecule has 0 saturated carbocycles. The van der Waals surface area contributed by atoms with Crippen LogP contribution in [0.5, 0.6) is 0 Å². The highest BCUT2D eigenvalue weighted by atomic mass is 16.4. The number of hydrogen-bond donors (Lipinski definition) is 2. The van der Waals surface area contributed by atoms with Crippen LogP contribution in [0.2, 0.25) is 0 Å². The lowest BCUT2D eigenvalue weighted by molar-refractivity contribution is -0.139. The minimum Gasteiger partial charge on any atom is -0.480 e. The number of nitrogens with one attached hydrogen (secondary N) is 1. The summed E-state index contributed by atoms with van der Waals surface area (Å²) in [7, 11) is 0. The average molecular weight is 286 g/mol. The van der Waals surface area contributed by atoms with E-state index in [2.05, 4.69) is 10.3 Å². The smallest absolute Gasteiger partial charge is 0.326 e. The Morgan fingerprint density at radius 1 is 1.29 bits per heavy atom. The van der Waals surface area contributed by atoms with E-state index in [1.54, 1.807) is 6.07 Å². The maximum Gasteiger partial charge on any atom is 0.326 e. The third-order valence-corrected chi connectivity index (χ3v) is 3.16. The molecule has 1 amide bonds. The van der Waals surface area contributed by atoms with Gasteiger partial charge in [-0.15, -0.1) is 0 Å². The lowest BCUT2D eigenvalue weighted by atomic mass is 10.0. The number of carboxylic acids is 1. The van der Waals surface area contributed by atoms with Crippen LogP contribution in [0.4, 0.5) is 0 Å². The van der Waals surface area contributed by atoms with Gasteiger partial charge in [-0.25, -0.2) is 4.79 Å². The molecule has 0 radical (unpaired) electrons. The molecule has 2 rings (SSSR count). The molecule has 0 saturated heterocycles. The van der Waals surface area contributed by atoms with Gasteiger partial charge < -0.3 is 10.4 Å². The number of aliphatic carboxylic acids is 1. The number of fused-ring (bicyclic) bond motifs is 1. The molecular formula is C16H18N2O3. The Morgan fingerprint density at radius 2 is 2.00 bits per heavy atom. The fraction of sp³-hybridized carbons (Fsp3) is 0.312. The summed E-state index contributed by atoms with van der Waals surface area (Å²) in [6.45, 7) is 3.83. The van der Waals surface area contributed by atoms with Crippen LogP contribution in [0.3, 0.4) is 0 Å². The minimum atomic E-state index is -1.02. The first kappa shape index (κ1) is 15.0. The van der Waals surface area contributed by atoms with E-state index in [1.807, 2.05) is 38.1 Å². The van der Waals surface area contributed by atoms with Crippen molar-refractivity contribution in [2.75, 3.05) is 0 Å². The molecule has 0 fully saturated rings. The molecule has 1 aromatic heterocycles. The van der Waals surface area contributed by atoms with E-state index in [1.165, 1.54) is 6.20 Å². The van der Waals surface area contributed by atoms with Crippen molar-refractivity contribution in [1.29, 1.82) is 0 Å². The third kappa shape index (κ3) is 3.78. The number of carbonyl (C=O) groups is 2. The fourth-order valence-corrected chi connectivity index (χ4v) is 2.13. The molecular weight excluding hydrogens is 268 g/mol. The van der Waals surface area contributed by atoms with Gasteiger partial charge in [0, 0.05) is 11.6 Å². The van der Waals surface area contributed by atoms with Crippen LogP contribution in [0.15, 0.2) is 36.5 Å². The molecule has 0 spiro atoms. The van der Waals surface area contributed by atoms with Crippen molar-refractivity contribution in [2.24, 2.45) is 5.92 Å². The Kier molecular flexibility index (Phi) is 4.52. The largest absolute Gasteiger partial charge is 0.480 e. The first-order valence-corrected chi connectivity index (χ1v) is 6.86. The molecule has 5 nitrogen and oxygen atoms in total. The summed E-state index contributed by atoms with van der Waals surface area (Å²) in [5.74, 6) is -1.26. The highest BCUT2D eigenvalue weighted by Gasteiger charge is 2.21. The summed E-state index contributed by atoms with van der Waals surface area (Å²) < 4.78 is 0. The van der Waals surface area contributed by atoms with Crippen LogP contribution >= 0.6 is 0 Å². The lowest BCUT2D eigenvalue weighted by Gasteiger charge is -2.16. The van der Waals surface area contributed by atoms with Crippen LogP contribution in [0.1, 0.15) is 30.6 Å². The quantitative estimate of drug-likeness (QED) is 0.885. The normalized spacial score (nSPS) is 12.3. The highest BCUT2D eigenvalue weighted by Crippen LogP contribution is 2.13. The second-order valence-electron chi connectivity index (χ2n) is 5.41. The van der Waals surface area contributed by atoms with Gasteiger partial charge in [0.25, 0.3) is 5.91 Å². The van der Waals surface area contributed by atoms with Gasteiger partial charge in [-0.3, -0.25) is 9.78 Å². The first-order chi connectivity index (χ1) is 9.97.